The molecule has 0 fully saturated rings. The molecule has 1 aliphatic carbocycles. The number of rotatable bonds is 4. The van der Waals surface area contributed by atoms with E-state index in [0.717, 1.165) is 12.8 Å². The zero-order chi connectivity index (χ0) is 14.1. The molecule has 0 aliphatic heterocycles. The average Bonchev–Trinajstić information content (AvgIpc) is 2.84. The maximum Gasteiger partial charge on any atom is 0.0587 e. The molecule has 0 radical (unpaired) electrons. The van der Waals surface area contributed by atoms with Crippen molar-refractivity contribution in [2.75, 3.05) is 6.61 Å². The smallest absolute Gasteiger partial charge is 0.0587 e. The molecule has 0 spiro atoms. The Balaban J connectivity index is 1.93. The van der Waals surface area contributed by atoms with Crippen LogP contribution in [0.25, 0.3) is 10.9 Å². The predicted molar refractivity (Wildman–Crippen MR) is 82.8 cm³/mol. The van der Waals surface area contributed by atoms with E-state index >= 15 is 0 Å². The van der Waals surface area contributed by atoms with Crippen LogP contribution >= 0.6 is 0 Å². The van der Waals surface area contributed by atoms with Crippen molar-refractivity contribution in [3.8, 4) is 0 Å². The molecule has 3 nitrogen and oxygen atoms in total. The van der Waals surface area contributed by atoms with Gasteiger partial charge in [0.1, 0.15) is 0 Å². The summed E-state index contributed by atoms with van der Waals surface area (Å²) in [6, 6.07) is 9.05. The minimum Gasteiger partial charge on any atom is -0.395 e. The molecule has 1 aromatic heterocycles. The summed E-state index contributed by atoms with van der Waals surface area (Å²) in [4.78, 5) is 3.59. The van der Waals surface area contributed by atoms with Crippen LogP contribution in [0.4, 0.5) is 0 Å². The molecule has 2 aromatic rings. The van der Waals surface area contributed by atoms with Crippen LogP contribution in [0.2, 0.25) is 0 Å². The van der Waals surface area contributed by atoms with Crippen LogP contribution < -0.4 is 5.32 Å². The lowest BCUT2D eigenvalue weighted by Crippen LogP contribution is -2.40. The van der Waals surface area contributed by atoms with Gasteiger partial charge in [0, 0.05) is 28.7 Å². The van der Waals surface area contributed by atoms with E-state index in [1.807, 2.05) is 0 Å². The Bertz CT molecular complexity index is 588. The van der Waals surface area contributed by atoms with E-state index in [1.54, 1.807) is 0 Å². The van der Waals surface area contributed by atoms with Gasteiger partial charge in [0.15, 0.2) is 0 Å². The van der Waals surface area contributed by atoms with E-state index in [0.29, 0.717) is 12.0 Å². The normalized spacial score (nSPS) is 20.3. The second-order valence-electron chi connectivity index (χ2n) is 6.21. The van der Waals surface area contributed by atoms with Gasteiger partial charge in [-0.25, -0.2) is 0 Å². The van der Waals surface area contributed by atoms with Crippen molar-refractivity contribution in [3.05, 3.63) is 35.5 Å². The Hall–Kier alpha value is -1.32. The van der Waals surface area contributed by atoms with Gasteiger partial charge in [-0.3, -0.25) is 0 Å². The number of aryl methyl sites for hydroxylation is 1. The van der Waals surface area contributed by atoms with Gasteiger partial charge >= 0.3 is 0 Å². The first kappa shape index (κ1) is 13.7. The van der Waals surface area contributed by atoms with Crippen molar-refractivity contribution >= 4 is 10.9 Å². The molecule has 0 bridgehead atoms. The molecule has 0 saturated carbocycles. The highest BCUT2D eigenvalue weighted by Crippen LogP contribution is 2.35. The molecule has 1 aliphatic rings. The van der Waals surface area contributed by atoms with Gasteiger partial charge < -0.3 is 15.4 Å². The van der Waals surface area contributed by atoms with Crippen LogP contribution in [0, 0.1) is 5.92 Å². The van der Waals surface area contributed by atoms with Crippen LogP contribution in [0.5, 0.6) is 0 Å². The van der Waals surface area contributed by atoms with E-state index < -0.39 is 0 Å². The summed E-state index contributed by atoms with van der Waals surface area (Å²) in [6.45, 7) is 4.51. The molecule has 0 saturated heterocycles. The van der Waals surface area contributed by atoms with E-state index in [1.165, 1.54) is 28.6 Å². The molecule has 1 heterocycles. The lowest BCUT2D eigenvalue weighted by atomic mass is 9.90. The monoisotopic (exact) mass is 272 g/mol. The first-order valence-electron chi connectivity index (χ1n) is 7.67. The second kappa shape index (κ2) is 5.58. The largest absolute Gasteiger partial charge is 0.395 e. The SMILES string of the molecule is CC(C)[C@@H](CO)NC1CCCc2c1[nH]c1ccccc21. The number of aromatic amines is 1. The van der Waals surface area contributed by atoms with Crippen molar-refractivity contribution in [1.29, 1.82) is 0 Å². The fourth-order valence-corrected chi connectivity index (χ4v) is 3.30. The highest BCUT2D eigenvalue weighted by atomic mass is 16.3. The summed E-state index contributed by atoms with van der Waals surface area (Å²) in [5, 5.41) is 14.5. The third kappa shape index (κ3) is 2.36. The first-order chi connectivity index (χ1) is 9.70. The number of hydrogen-bond donors (Lipinski definition) is 3. The summed E-state index contributed by atoms with van der Waals surface area (Å²) in [5.74, 6) is 0.440. The summed E-state index contributed by atoms with van der Waals surface area (Å²) >= 11 is 0. The molecule has 2 atom stereocenters. The molecular formula is C17H24N2O. The number of H-pyrrole nitrogens is 1. The third-order valence-electron chi connectivity index (χ3n) is 4.53. The van der Waals surface area contributed by atoms with Crippen molar-refractivity contribution in [2.45, 2.75) is 45.2 Å². The molecule has 108 valence electrons. The molecular weight excluding hydrogens is 248 g/mol. The molecule has 3 N–H and O–H groups in total. The van der Waals surface area contributed by atoms with Gasteiger partial charge in [-0.2, -0.15) is 0 Å². The number of hydrogen-bond acceptors (Lipinski definition) is 2. The number of aliphatic hydroxyl groups is 1. The standard InChI is InChI=1S/C17H24N2O/c1-11(2)16(10-20)18-15-9-5-7-13-12-6-3-4-8-14(12)19-17(13)15/h3-4,6,8,11,15-16,18-20H,5,7,9-10H2,1-2H3/t15?,16-/m1/s1. The van der Waals surface area contributed by atoms with Crippen LogP contribution in [-0.4, -0.2) is 22.7 Å². The zero-order valence-corrected chi connectivity index (χ0v) is 12.3. The minimum absolute atomic E-state index is 0.164. The van der Waals surface area contributed by atoms with Gasteiger partial charge in [-0.15, -0.1) is 0 Å². The molecule has 3 rings (SSSR count). The number of benzene rings is 1. The predicted octanol–water partition coefficient (Wildman–Crippen LogP) is 3.15. The minimum atomic E-state index is 0.164. The third-order valence-corrected chi connectivity index (χ3v) is 4.53. The Morgan fingerprint density at radius 1 is 1.35 bits per heavy atom. The Morgan fingerprint density at radius 3 is 2.90 bits per heavy atom. The lowest BCUT2D eigenvalue weighted by Gasteiger charge is -2.30. The Kier molecular flexibility index (Phi) is 3.81. The fourth-order valence-electron chi connectivity index (χ4n) is 3.30. The van der Waals surface area contributed by atoms with Gasteiger partial charge in [-0.1, -0.05) is 32.0 Å². The summed E-state index contributed by atoms with van der Waals surface area (Å²) in [6.07, 6.45) is 3.51. The second-order valence-corrected chi connectivity index (χ2v) is 6.21. The van der Waals surface area contributed by atoms with E-state index in [2.05, 4.69) is 48.4 Å². The van der Waals surface area contributed by atoms with Crippen molar-refractivity contribution in [1.82, 2.24) is 10.3 Å². The lowest BCUT2D eigenvalue weighted by molar-refractivity contribution is 0.194. The van der Waals surface area contributed by atoms with Crippen LogP contribution in [-0.2, 0) is 6.42 Å². The molecule has 1 aromatic carbocycles. The number of para-hydroxylation sites is 1. The maximum absolute atomic E-state index is 9.54. The van der Waals surface area contributed by atoms with Crippen LogP contribution in [0.1, 0.15) is 44.0 Å². The highest BCUT2D eigenvalue weighted by Gasteiger charge is 2.26. The van der Waals surface area contributed by atoms with Gasteiger partial charge in [0.25, 0.3) is 0 Å². The average molecular weight is 272 g/mol. The van der Waals surface area contributed by atoms with Gasteiger partial charge in [0.05, 0.1) is 6.61 Å². The summed E-state index contributed by atoms with van der Waals surface area (Å²) in [5.41, 5.74) is 4.03. The van der Waals surface area contributed by atoms with Crippen molar-refractivity contribution < 1.29 is 5.11 Å². The number of aliphatic hydroxyl groups excluding tert-OH is 1. The molecule has 20 heavy (non-hydrogen) atoms. The van der Waals surface area contributed by atoms with E-state index in [4.69, 9.17) is 0 Å². The van der Waals surface area contributed by atoms with E-state index in [-0.39, 0.29) is 12.6 Å². The number of nitrogens with one attached hydrogen (secondary N) is 2. The van der Waals surface area contributed by atoms with Crippen LogP contribution in [0.15, 0.2) is 24.3 Å². The molecule has 0 amide bonds. The summed E-state index contributed by atoms with van der Waals surface area (Å²) in [7, 11) is 0. The topological polar surface area (TPSA) is 48.0 Å². The van der Waals surface area contributed by atoms with Crippen molar-refractivity contribution in [2.24, 2.45) is 5.92 Å². The van der Waals surface area contributed by atoms with E-state index in [9.17, 15) is 5.11 Å². The van der Waals surface area contributed by atoms with Gasteiger partial charge in [-0.05, 0) is 36.8 Å². The first-order valence-corrected chi connectivity index (χ1v) is 7.67. The number of aromatic nitrogens is 1. The quantitative estimate of drug-likeness (QED) is 0.800. The molecule has 1 unspecified atom stereocenters. The van der Waals surface area contributed by atoms with Gasteiger partial charge in [0.2, 0.25) is 0 Å². The molecule has 3 heteroatoms. The fraction of sp³-hybridized carbons (Fsp3) is 0.529. The zero-order valence-electron chi connectivity index (χ0n) is 12.3. The maximum atomic E-state index is 9.54. The Labute approximate surface area is 120 Å². The number of fused-ring (bicyclic) bond motifs is 3. The van der Waals surface area contributed by atoms with Crippen molar-refractivity contribution in [3.63, 3.8) is 0 Å². The highest BCUT2D eigenvalue weighted by molar-refractivity contribution is 5.85. The van der Waals surface area contributed by atoms with Crippen LogP contribution in [0.3, 0.4) is 0 Å². The summed E-state index contributed by atoms with van der Waals surface area (Å²) < 4.78 is 0. The Morgan fingerprint density at radius 2 is 2.15 bits per heavy atom.